The van der Waals surface area contributed by atoms with E-state index in [1.807, 2.05) is 49.4 Å². The molecule has 0 radical (unpaired) electrons. The van der Waals surface area contributed by atoms with E-state index >= 15 is 0 Å². The lowest BCUT2D eigenvalue weighted by Crippen LogP contribution is -2.35. The highest BCUT2D eigenvalue weighted by Gasteiger charge is 2.14. The van der Waals surface area contributed by atoms with E-state index in [0.29, 0.717) is 11.3 Å². The summed E-state index contributed by atoms with van der Waals surface area (Å²) in [6.07, 6.45) is 0. The molecule has 2 heterocycles. The number of hydrogen-bond acceptors (Lipinski definition) is 6. The van der Waals surface area contributed by atoms with Gasteiger partial charge in [0.15, 0.2) is 0 Å². The summed E-state index contributed by atoms with van der Waals surface area (Å²) in [5.74, 6) is 1.30. The van der Waals surface area contributed by atoms with E-state index in [2.05, 4.69) is 27.5 Å². The van der Waals surface area contributed by atoms with Gasteiger partial charge in [-0.1, -0.05) is 29.4 Å². The SMILES string of the molecule is Cc1cc(CSc2ccccc2C(=O)Nc2ccc(CN3CCOCC3)cc2)on1. The third-order valence-electron chi connectivity index (χ3n) is 4.90. The molecular formula is C23H25N3O3S. The number of rotatable bonds is 7. The number of thioether (sulfide) groups is 1. The fraction of sp³-hybridized carbons (Fsp3) is 0.304. The number of hydrogen-bond donors (Lipinski definition) is 1. The van der Waals surface area contributed by atoms with Crippen molar-refractivity contribution in [3.05, 3.63) is 77.2 Å². The summed E-state index contributed by atoms with van der Waals surface area (Å²) < 4.78 is 10.7. The highest BCUT2D eigenvalue weighted by molar-refractivity contribution is 7.98. The number of nitrogens with one attached hydrogen (secondary N) is 1. The van der Waals surface area contributed by atoms with Crippen LogP contribution in [0.2, 0.25) is 0 Å². The van der Waals surface area contributed by atoms with Crippen LogP contribution in [0.3, 0.4) is 0 Å². The fourth-order valence-electron chi connectivity index (χ4n) is 3.32. The largest absolute Gasteiger partial charge is 0.379 e. The van der Waals surface area contributed by atoms with Gasteiger partial charge in [0.05, 0.1) is 30.2 Å². The first-order valence-corrected chi connectivity index (χ1v) is 11.0. The third-order valence-corrected chi connectivity index (χ3v) is 6.00. The lowest BCUT2D eigenvalue weighted by atomic mass is 10.1. The van der Waals surface area contributed by atoms with Gasteiger partial charge in [-0.25, -0.2) is 0 Å². The van der Waals surface area contributed by atoms with Crippen LogP contribution >= 0.6 is 11.8 Å². The Morgan fingerprint density at radius 2 is 1.90 bits per heavy atom. The first-order valence-electron chi connectivity index (χ1n) is 10.0. The smallest absolute Gasteiger partial charge is 0.256 e. The van der Waals surface area contributed by atoms with Gasteiger partial charge in [-0.15, -0.1) is 11.8 Å². The van der Waals surface area contributed by atoms with E-state index in [0.717, 1.165) is 54.9 Å². The van der Waals surface area contributed by atoms with Crippen molar-refractivity contribution in [1.29, 1.82) is 0 Å². The van der Waals surface area contributed by atoms with Gasteiger partial charge in [-0.2, -0.15) is 0 Å². The maximum absolute atomic E-state index is 12.9. The van der Waals surface area contributed by atoms with Crippen molar-refractivity contribution in [3.63, 3.8) is 0 Å². The molecule has 6 nitrogen and oxygen atoms in total. The van der Waals surface area contributed by atoms with Crippen molar-refractivity contribution in [2.75, 3.05) is 31.6 Å². The van der Waals surface area contributed by atoms with Gasteiger partial charge in [0, 0.05) is 36.3 Å². The van der Waals surface area contributed by atoms with Gasteiger partial charge in [-0.3, -0.25) is 9.69 Å². The highest BCUT2D eigenvalue weighted by Crippen LogP contribution is 2.27. The maximum Gasteiger partial charge on any atom is 0.256 e. The summed E-state index contributed by atoms with van der Waals surface area (Å²) in [4.78, 5) is 16.2. The van der Waals surface area contributed by atoms with Gasteiger partial charge < -0.3 is 14.6 Å². The number of ether oxygens (including phenoxy) is 1. The first-order chi connectivity index (χ1) is 14.7. The third kappa shape index (κ3) is 5.50. The molecule has 1 N–H and O–H groups in total. The quantitative estimate of drug-likeness (QED) is 0.570. The molecule has 2 aromatic carbocycles. The second kappa shape index (κ2) is 9.93. The normalized spacial score (nSPS) is 14.6. The van der Waals surface area contributed by atoms with Gasteiger partial charge in [0.1, 0.15) is 5.76 Å². The molecule has 0 spiro atoms. The zero-order valence-corrected chi connectivity index (χ0v) is 17.8. The molecule has 30 heavy (non-hydrogen) atoms. The van der Waals surface area contributed by atoms with Crippen LogP contribution in [-0.4, -0.2) is 42.3 Å². The highest BCUT2D eigenvalue weighted by atomic mass is 32.2. The number of morpholine rings is 1. The number of amides is 1. The van der Waals surface area contributed by atoms with Crippen LogP contribution in [0, 0.1) is 6.92 Å². The number of carbonyl (C=O) groups is 1. The first kappa shape index (κ1) is 20.7. The summed E-state index contributed by atoms with van der Waals surface area (Å²) in [7, 11) is 0. The van der Waals surface area contributed by atoms with Gasteiger partial charge in [-0.05, 0) is 36.8 Å². The summed E-state index contributed by atoms with van der Waals surface area (Å²) >= 11 is 1.56. The molecule has 1 fully saturated rings. The second-order valence-corrected chi connectivity index (χ2v) is 8.28. The minimum Gasteiger partial charge on any atom is -0.379 e. The minimum atomic E-state index is -0.118. The minimum absolute atomic E-state index is 0.118. The molecule has 0 saturated carbocycles. The van der Waals surface area contributed by atoms with Crippen LogP contribution in [0.1, 0.15) is 27.4 Å². The van der Waals surface area contributed by atoms with Crippen LogP contribution < -0.4 is 5.32 Å². The van der Waals surface area contributed by atoms with Crippen molar-refractivity contribution in [1.82, 2.24) is 10.1 Å². The number of anilines is 1. The van der Waals surface area contributed by atoms with E-state index in [1.54, 1.807) is 11.8 Å². The molecule has 156 valence electrons. The summed E-state index contributed by atoms with van der Waals surface area (Å²) in [6, 6.07) is 17.6. The fourth-order valence-corrected chi connectivity index (χ4v) is 4.25. The number of benzene rings is 2. The number of carbonyl (C=O) groups excluding carboxylic acids is 1. The molecular weight excluding hydrogens is 398 g/mol. The predicted molar refractivity (Wildman–Crippen MR) is 118 cm³/mol. The van der Waals surface area contributed by atoms with Gasteiger partial charge in [0.2, 0.25) is 0 Å². The molecule has 1 amide bonds. The molecule has 1 saturated heterocycles. The van der Waals surface area contributed by atoms with E-state index < -0.39 is 0 Å². The van der Waals surface area contributed by atoms with Crippen molar-refractivity contribution in [2.24, 2.45) is 0 Å². The molecule has 0 unspecified atom stereocenters. The van der Waals surface area contributed by atoms with Crippen LogP contribution in [0.5, 0.6) is 0 Å². The molecule has 3 aromatic rings. The number of aryl methyl sites for hydroxylation is 1. The Balaban J connectivity index is 1.37. The average Bonchev–Trinajstić information content (AvgIpc) is 3.20. The Morgan fingerprint density at radius 3 is 2.63 bits per heavy atom. The Morgan fingerprint density at radius 1 is 1.13 bits per heavy atom. The van der Waals surface area contributed by atoms with Crippen molar-refractivity contribution < 1.29 is 14.1 Å². The molecule has 1 aromatic heterocycles. The van der Waals surface area contributed by atoms with Crippen molar-refractivity contribution in [2.45, 2.75) is 24.1 Å². The van der Waals surface area contributed by atoms with Crippen molar-refractivity contribution >= 4 is 23.4 Å². The van der Waals surface area contributed by atoms with Gasteiger partial charge in [0.25, 0.3) is 5.91 Å². The number of aromatic nitrogens is 1. The molecule has 0 aliphatic carbocycles. The standard InChI is InChI=1S/C23H25N3O3S/c1-17-14-20(29-25-17)16-30-22-5-3-2-4-21(22)23(27)24-19-8-6-18(7-9-19)15-26-10-12-28-13-11-26/h2-9,14H,10-13,15-16H2,1H3,(H,24,27). The molecule has 0 atom stereocenters. The van der Waals surface area contributed by atoms with Crippen molar-refractivity contribution in [3.8, 4) is 0 Å². The van der Waals surface area contributed by atoms with Crippen LogP contribution in [0.4, 0.5) is 5.69 Å². The molecule has 1 aliphatic rings. The zero-order valence-electron chi connectivity index (χ0n) is 17.0. The Bertz CT molecular complexity index is 981. The predicted octanol–water partition coefficient (Wildman–Crippen LogP) is 4.36. The van der Waals surface area contributed by atoms with Crippen LogP contribution in [-0.2, 0) is 17.0 Å². The zero-order chi connectivity index (χ0) is 20.8. The Labute approximate surface area is 180 Å². The number of nitrogens with zero attached hydrogens (tertiary/aromatic N) is 2. The van der Waals surface area contributed by atoms with Gasteiger partial charge >= 0.3 is 0 Å². The second-order valence-electron chi connectivity index (χ2n) is 7.26. The summed E-state index contributed by atoms with van der Waals surface area (Å²) in [6.45, 7) is 6.30. The van der Waals surface area contributed by atoms with E-state index in [-0.39, 0.29) is 5.91 Å². The lowest BCUT2D eigenvalue weighted by Gasteiger charge is -2.26. The Kier molecular flexibility index (Phi) is 6.84. The lowest BCUT2D eigenvalue weighted by molar-refractivity contribution is 0.0342. The summed E-state index contributed by atoms with van der Waals surface area (Å²) in [5.41, 5.74) is 3.52. The van der Waals surface area contributed by atoms with E-state index in [9.17, 15) is 4.79 Å². The molecule has 4 rings (SSSR count). The molecule has 7 heteroatoms. The molecule has 1 aliphatic heterocycles. The van der Waals surface area contributed by atoms with E-state index in [1.165, 1.54) is 5.56 Å². The average molecular weight is 424 g/mol. The van der Waals surface area contributed by atoms with E-state index in [4.69, 9.17) is 9.26 Å². The maximum atomic E-state index is 12.9. The topological polar surface area (TPSA) is 67.6 Å². The summed E-state index contributed by atoms with van der Waals surface area (Å²) in [5, 5.41) is 6.92. The van der Waals surface area contributed by atoms with Crippen LogP contribution in [0.25, 0.3) is 0 Å². The Hall–Kier alpha value is -2.61. The van der Waals surface area contributed by atoms with Crippen LogP contribution in [0.15, 0.2) is 64.0 Å². The molecule has 0 bridgehead atoms. The monoisotopic (exact) mass is 423 g/mol.